The average Bonchev–Trinajstić information content (AvgIpc) is 2.40. The molecule has 1 aromatic heterocycles. The van der Waals surface area contributed by atoms with E-state index in [0.717, 1.165) is 11.8 Å². The molecule has 2 aromatic rings. The number of aromatic nitrogens is 1. The summed E-state index contributed by atoms with van der Waals surface area (Å²) in [5.41, 5.74) is 1.42. The number of pyridine rings is 1. The van der Waals surface area contributed by atoms with Crippen LogP contribution < -0.4 is 0 Å². The molecule has 0 bridgehead atoms. The number of benzene rings is 1. The van der Waals surface area contributed by atoms with Gasteiger partial charge in [0.15, 0.2) is 11.6 Å². The molecule has 2 rings (SSSR count). The smallest absolute Gasteiger partial charge is 0.170 e. The van der Waals surface area contributed by atoms with Gasteiger partial charge in [-0.1, -0.05) is 32.9 Å². The first kappa shape index (κ1) is 15.2. The minimum absolute atomic E-state index is 0.00874. The summed E-state index contributed by atoms with van der Waals surface area (Å²) in [5, 5.41) is 9.91. The Kier molecular flexibility index (Phi) is 4.07. The Morgan fingerprint density at radius 1 is 1.29 bits per heavy atom. The van der Waals surface area contributed by atoms with Gasteiger partial charge >= 0.3 is 0 Å². The van der Waals surface area contributed by atoms with Gasteiger partial charge in [0.2, 0.25) is 0 Å². The predicted molar refractivity (Wildman–Crippen MR) is 79.0 cm³/mol. The van der Waals surface area contributed by atoms with Gasteiger partial charge in [0.25, 0.3) is 0 Å². The number of halogens is 1. The number of carbonyl (C=O) groups is 1. The monoisotopic (exact) mass is 287 g/mol. The number of rotatable bonds is 3. The van der Waals surface area contributed by atoms with Crippen LogP contribution in [0.1, 0.15) is 42.3 Å². The molecule has 0 aliphatic rings. The molecule has 1 N–H and O–H groups in total. The van der Waals surface area contributed by atoms with Crippen molar-refractivity contribution in [3.63, 3.8) is 0 Å². The van der Waals surface area contributed by atoms with E-state index in [9.17, 15) is 14.3 Å². The van der Waals surface area contributed by atoms with Crippen molar-refractivity contribution in [2.45, 2.75) is 32.6 Å². The molecule has 0 radical (unpaired) electrons. The van der Waals surface area contributed by atoms with Crippen LogP contribution in [0.3, 0.4) is 0 Å². The highest BCUT2D eigenvalue weighted by Gasteiger charge is 2.18. The molecule has 0 aliphatic heterocycles. The van der Waals surface area contributed by atoms with Gasteiger partial charge in [-0.25, -0.2) is 4.39 Å². The number of ketones is 1. The standard InChI is InChI=1S/C17H18FNO2/c1-17(2,3)12-4-5-15(20)11(8-12)9-16(21)13-6-7-19-10-14(13)18/h4-8,10,20H,9H2,1-3H3. The summed E-state index contributed by atoms with van der Waals surface area (Å²) in [6, 6.07) is 6.55. The second-order valence-corrected chi connectivity index (χ2v) is 6.05. The molecular weight excluding hydrogens is 269 g/mol. The van der Waals surface area contributed by atoms with Crippen molar-refractivity contribution in [1.29, 1.82) is 0 Å². The summed E-state index contributed by atoms with van der Waals surface area (Å²) in [5.74, 6) is -0.976. The van der Waals surface area contributed by atoms with Crippen LogP contribution in [0.5, 0.6) is 5.75 Å². The first-order chi connectivity index (χ1) is 9.79. The van der Waals surface area contributed by atoms with Crippen molar-refractivity contribution in [1.82, 2.24) is 4.98 Å². The highest BCUT2D eigenvalue weighted by molar-refractivity contribution is 5.97. The predicted octanol–water partition coefficient (Wildman–Crippen LogP) is 3.65. The van der Waals surface area contributed by atoms with Crippen molar-refractivity contribution >= 4 is 5.78 Å². The van der Waals surface area contributed by atoms with Gasteiger partial charge in [-0.15, -0.1) is 0 Å². The number of hydrogen-bond acceptors (Lipinski definition) is 3. The Morgan fingerprint density at radius 3 is 2.62 bits per heavy atom. The molecule has 4 heteroatoms. The summed E-state index contributed by atoms with van der Waals surface area (Å²) < 4.78 is 13.6. The Bertz CT molecular complexity index is 675. The van der Waals surface area contributed by atoms with E-state index >= 15 is 0 Å². The molecule has 0 spiro atoms. The van der Waals surface area contributed by atoms with Crippen LogP contribution in [0.15, 0.2) is 36.7 Å². The molecule has 0 atom stereocenters. The van der Waals surface area contributed by atoms with Crippen LogP contribution in [0.2, 0.25) is 0 Å². The molecule has 3 nitrogen and oxygen atoms in total. The lowest BCUT2D eigenvalue weighted by Crippen LogP contribution is -2.12. The molecule has 0 saturated carbocycles. The topological polar surface area (TPSA) is 50.2 Å². The number of nitrogens with zero attached hydrogens (tertiary/aromatic N) is 1. The van der Waals surface area contributed by atoms with Crippen LogP contribution in [0, 0.1) is 5.82 Å². The van der Waals surface area contributed by atoms with Gasteiger partial charge in [-0.05, 0) is 23.1 Å². The number of hydrogen-bond donors (Lipinski definition) is 1. The zero-order valence-electron chi connectivity index (χ0n) is 12.4. The van der Waals surface area contributed by atoms with Crippen LogP contribution in [-0.2, 0) is 11.8 Å². The Hall–Kier alpha value is -2.23. The Balaban J connectivity index is 2.31. The van der Waals surface area contributed by atoms with E-state index in [4.69, 9.17) is 0 Å². The van der Waals surface area contributed by atoms with Crippen molar-refractivity contribution in [3.05, 3.63) is 59.2 Å². The maximum absolute atomic E-state index is 13.6. The van der Waals surface area contributed by atoms with Crippen molar-refractivity contribution in [3.8, 4) is 5.75 Å². The van der Waals surface area contributed by atoms with E-state index in [1.807, 2.05) is 26.8 Å². The summed E-state index contributed by atoms with van der Waals surface area (Å²) in [7, 11) is 0. The Labute approximate surface area is 123 Å². The van der Waals surface area contributed by atoms with Crippen molar-refractivity contribution < 1.29 is 14.3 Å². The number of carbonyl (C=O) groups excluding carboxylic acids is 1. The van der Waals surface area contributed by atoms with E-state index < -0.39 is 5.82 Å². The van der Waals surface area contributed by atoms with E-state index in [-0.39, 0.29) is 28.9 Å². The summed E-state index contributed by atoms with van der Waals surface area (Å²) in [4.78, 5) is 15.8. The van der Waals surface area contributed by atoms with E-state index in [1.165, 1.54) is 12.3 Å². The molecule has 0 amide bonds. The first-order valence-corrected chi connectivity index (χ1v) is 6.74. The quantitative estimate of drug-likeness (QED) is 0.877. The zero-order valence-corrected chi connectivity index (χ0v) is 12.4. The van der Waals surface area contributed by atoms with Gasteiger partial charge in [0, 0.05) is 18.2 Å². The fraction of sp³-hybridized carbons (Fsp3) is 0.294. The van der Waals surface area contributed by atoms with Crippen LogP contribution >= 0.6 is 0 Å². The molecular formula is C17H18FNO2. The highest BCUT2D eigenvalue weighted by atomic mass is 19.1. The van der Waals surface area contributed by atoms with Crippen molar-refractivity contribution in [2.24, 2.45) is 0 Å². The molecule has 0 fully saturated rings. The molecule has 110 valence electrons. The van der Waals surface area contributed by atoms with Gasteiger partial charge in [0.1, 0.15) is 5.75 Å². The van der Waals surface area contributed by atoms with Crippen LogP contribution in [-0.4, -0.2) is 15.9 Å². The first-order valence-electron chi connectivity index (χ1n) is 6.74. The average molecular weight is 287 g/mol. The number of phenols is 1. The maximum atomic E-state index is 13.6. The SMILES string of the molecule is CC(C)(C)c1ccc(O)c(CC(=O)c2ccncc2F)c1. The zero-order chi connectivity index (χ0) is 15.6. The number of phenolic OH excluding ortho intramolecular Hbond substituents is 1. The summed E-state index contributed by atoms with van der Waals surface area (Å²) in [6.45, 7) is 6.15. The molecule has 21 heavy (non-hydrogen) atoms. The van der Waals surface area contributed by atoms with Gasteiger partial charge in [-0.3, -0.25) is 9.78 Å². The molecule has 1 aromatic carbocycles. The van der Waals surface area contributed by atoms with Crippen LogP contribution in [0.4, 0.5) is 4.39 Å². The third-order valence-corrected chi connectivity index (χ3v) is 3.37. The van der Waals surface area contributed by atoms with Gasteiger partial charge < -0.3 is 5.11 Å². The van der Waals surface area contributed by atoms with E-state index in [0.29, 0.717) is 5.56 Å². The van der Waals surface area contributed by atoms with Crippen molar-refractivity contribution in [2.75, 3.05) is 0 Å². The largest absolute Gasteiger partial charge is 0.508 e. The Morgan fingerprint density at radius 2 is 2.00 bits per heavy atom. The lowest BCUT2D eigenvalue weighted by atomic mass is 9.85. The number of aromatic hydroxyl groups is 1. The van der Waals surface area contributed by atoms with Crippen LogP contribution in [0.25, 0.3) is 0 Å². The lowest BCUT2D eigenvalue weighted by Gasteiger charge is -2.20. The highest BCUT2D eigenvalue weighted by Crippen LogP contribution is 2.28. The third kappa shape index (κ3) is 3.45. The minimum Gasteiger partial charge on any atom is -0.508 e. The summed E-state index contributed by atoms with van der Waals surface area (Å²) >= 11 is 0. The second-order valence-electron chi connectivity index (χ2n) is 6.05. The fourth-order valence-electron chi connectivity index (χ4n) is 2.06. The molecule has 0 aliphatic carbocycles. The number of Topliss-reactive ketones (excluding diaryl/α,β-unsaturated/α-hetero) is 1. The second kappa shape index (κ2) is 5.64. The molecule has 1 heterocycles. The molecule has 0 saturated heterocycles. The minimum atomic E-state index is -0.644. The van der Waals surface area contributed by atoms with Gasteiger partial charge in [0.05, 0.1) is 11.8 Å². The maximum Gasteiger partial charge on any atom is 0.170 e. The van der Waals surface area contributed by atoms with E-state index in [1.54, 1.807) is 12.1 Å². The third-order valence-electron chi connectivity index (χ3n) is 3.37. The fourth-order valence-corrected chi connectivity index (χ4v) is 2.06. The van der Waals surface area contributed by atoms with E-state index in [2.05, 4.69) is 4.98 Å². The lowest BCUT2D eigenvalue weighted by molar-refractivity contribution is 0.0988. The van der Waals surface area contributed by atoms with Gasteiger partial charge in [-0.2, -0.15) is 0 Å². The normalized spacial score (nSPS) is 11.4. The molecule has 0 unspecified atom stereocenters. The summed E-state index contributed by atoms with van der Waals surface area (Å²) in [6.07, 6.45) is 2.34.